The van der Waals surface area contributed by atoms with E-state index in [1.165, 1.54) is 0 Å². The lowest BCUT2D eigenvalue weighted by molar-refractivity contribution is 0.0283. The van der Waals surface area contributed by atoms with Crippen molar-refractivity contribution in [2.75, 3.05) is 37.7 Å². The SMILES string of the molecule is C=C(c1ccccn1)N1CCCN(c2ccc(-c3cc(OCC(C)(C)O)cn4ncc(C#N)c34)cn2)CC1. The molecule has 0 aliphatic carbocycles. The molecular weight excluding hydrogens is 478 g/mol. The van der Waals surface area contributed by atoms with Crippen molar-refractivity contribution in [2.24, 2.45) is 0 Å². The highest BCUT2D eigenvalue weighted by Crippen LogP contribution is 2.32. The van der Waals surface area contributed by atoms with Gasteiger partial charge in [-0.1, -0.05) is 12.6 Å². The van der Waals surface area contributed by atoms with E-state index in [1.807, 2.05) is 42.6 Å². The normalized spacial score (nSPS) is 14.3. The van der Waals surface area contributed by atoms with Gasteiger partial charge in [-0.25, -0.2) is 9.50 Å². The Morgan fingerprint density at radius 1 is 1.13 bits per heavy atom. The van der Waals surface area contributed by atoms with Gasteiger partial charge in [-0.05, 0) is 50.6 Å². The van der Waals surface area contributed by atoms with Crippen LogP contribution in [0.3, 0.4) is 0 Å². The Morgan fingerprint density at radius 2 is 2.00 bits per heavy atom. The summed E-state index contributed by atoms with van der Waals surface area (Å²) in [4.78, 5) is 13.8. The Kier molecular flexibility index (Phi) is 6.99. The summed E-state index contributed by atoms with van der Waals surface area (Å²) in [5.41, 5.74) is 3.67. The van der Waals surface area contributed by atoms with Crippen LogP contribution in [-0.4, -0.2) is 68.0 Å². The fraction of sp³-hybridized carbons (Fsp3) is 0.310. The van der Waals surface area contributed by atoms with Crippen LogP contribution < -0.4 is 9.64 Å². The van der Waals surface area contributed by atoms with Crippen molar-refractivity contribution < 1.29 is 9.84 Å². The molecule has 0 atom stereocenters. The summed E-state index contributed by atoms with van der Waals surface area (Å²) in [5.74, 6) is 1.45. The quantitative estimate of drug-likeness (QED) is 0.399. The van der Waals surface area contributed by atoms with Crippen LogP contribution in [0.2, 0.25) is 0 Å². The van der Waals surface area contributed by atoms with E-state index in [1.54, 1.807) is 37.0 Å². The minimum atomic E-state index is -0.979. The van der Waals surface area contributed by atoms with Crippen LogP contribution in [0, 0.1) is 11.3 Å². The molecule has 4 aromatic heterocycles. The third-order valence-electron chi connectivity index (χ3n) is 6.52. The van der Waals surface area contributed by atoms with E-state index in [4.69, 9.17) is 9.72 Å². The molecule has 9 heteroatoms. The molecule has 1 fully saturated rings. The molecule has 9 nitrogen and oxygen atoms in total. The monoisotopic (exact) mass is 509 g/mol. The maximum atomic E-state index is 10.1. The van der Waals surface area contributed by atoms with E-state index in [2.05, 4.69) is 32.5 Å². The van der Waals surface area contributed by atoms with E-state index in [9.17, 15) is 10.4 Å². The van der Waals surface area contributed by atoms with Gasteiger partial charge in [0.25, 0.3) is 0 Å². The molecule has 0 spiro atoms. The third-order valence-corrected chi connectivity index (χ3v) is 6.52. The molecule has 1 aliphatic heterocycles. The van der Waals surface area contributed by atoms with Crippen molar-refractivity contribution in [1.82, 2.24) is 24.5 Å². The molecule has 0 aromatic carbocycles. The second-order valence-corrected chi connectivity index (χ2v) is 10.0. The Bertz CT molecular complexity index is 1470. The molecule has 0 bridgehead atoms. The zero-order chi connectivity index (χ0) is 26.7. The van der Waals surface area contributed by atoms with Crippen LogP contribution in [0.4, 0.5) is 5.82 Å². The van der Waals surface area contributed by atoms with Gasteiger partial charge in [-0.2, -0.15) is 10.4 Å². The number of nitriles is 1. The molecular formula is C29H31N7O2. The van der Waals surface area contributed by atoms with Gasteiger partial charge in [-0.15, -0.1) is 0 Å². The molecule has 0 saturated carbocycles. The van der Waals surface area contributed by atoms with Crippen LogP contribution >= 0.6 is 0 Å². The van der Waals surface area contributed by atoms with Crippen LogP contribution in [0.15, 0.2) is 67.8 Å². The zero-order valence-electron chi connectivity index (χ0n) is 21.7. The number of aromatic nitrogens is 4. The van der Waals surface area contributed by atoms with Crippen molar-refractivity contribution in [3.05, 3.63) is 79.0 Å². The number of anilines is 1. The van der Waals surface area contributed by atoms with E-state index >= 15 is 0 Å². The lowest BCUT2D eigenvalue weighted by atomic mass is 10.1. The van der Waals surface area contributed by atoms with Crippen LogP contribution in [0.25, 0.3) is 22.3 Å². The molecule has 4 aromatic rings. The molecule has 194 valence electrons. The molecule has 0 amide bonds. The molecule has 1 N–H and O–H groups in total. The average Bonchev–Trinajstić information content (AvgIpc) is 3.19. The van der Waals surface area contributed by atoms with Gasteiger partial charge >= 0.3 is 0 Å². The number of hydrogen-bond acceptors (Lipinski definition) is 8. The van der Waals surface area contributed by atoms with Crippen LogP contribution in [0.5, 0.6) is 5.75 Å². The third kappa shape index (κ3) is 5.45. The summed E-state index contributed by atoms with van der Waals surface area (Å²) in [6.45, 7) is 11.2. The van der Waals surface area contributed by atoms with E-state index in [0.717, 1.165) is 60.9 Å². The standard InChI is InChI=1S/C29H31N7O2/c1-21(26-7-4-5-10-31-26)34-11-6-12-35(14-13-34)27-9-8-22(17-32-27)25-15-24(38-20-29(2,3)37)19-36-28(25)23(16-30)18-33-36/h4-5,7-10,15,17-19,37H,1,6,11-14,20H2,2-3H3. The lowest BCUT2D eigenvalue weighted by Gasteiger charge is -2.25. The Morgan fingerprint density at radius 3 is 2.71 bits per heavy atom. The largest absolute Gasteiger partial charge is 0.489 e. The van der Waals surface area contributed by atoms with Gasteiger partial charge in [0.1, 0.15) is 24.2 Å². The average molecular weight is 510 g/mol. The van der Waals surface area contributed by atoms with Gasteiger partial charge < -0.3 is 19.6 Å². The van der Waals surface area contributed by atoms with Crippen molar-refractivity contribution >= 4 is 17.0 Å². The second-order valence-electron chi connectivity index (χ2n) is 10.0. The summed E-state index contributed by atoms with van der Waals surface area (Å²) < 4.78 is 7.48. The summed E-state index contributed by atoms with van der Waals surface area (Å²) in [6, 6.07) is 14.0. The number of fused-ring (bicyclic) bond motifs is 1. The molecule has 1 aliphatic rings. The Hall–Kier alpha value is -4.42. The predicted octanol–water partition coefficient (Wildman–Crippen LogP) is 4.00. The second kappa shape index (κ2) is 10.5. The number of ether oxygens (including phenoxy) is 1. The van der Waals surface area contributed by atoms with Crippen molar-refractivity contribution in [3.8, 4) is 22.9 Å². The lowest BCUT2D eigenvalue weighted by Crippen LogP contribution is -2.30. The van der Waals surface area contributed by atoms with Gasteiger partial charge in [0, 0.05) is 49.7 Å². The van der Waals surface area contributed by atoms with Gasteiger partial charge in [0.15, 0.2) is 0 Å². The first-order valence-electron chi connectivity index (χ1n) is 12.7. The predicted molar refractivity (Wildman–Crippen MR) is 147 cm³/mol. The molecule has 38 heavy (non-hydrogen) atoms. The van der Waals surface area contributed by atoms with E-state index in [0.29, 0.717) is 16.8 Å². The highest BCUT2D eigenvalue weighted by atomic mass is 16.5. The number of aliphatic hydroxyl groups is 1. The molecule has 5 heterocycles. The smallest absolute Gasteiger partial charge is 0.138 e. The molecule has 0 unspecified atom stereocenters. The molecule has 5 rings (SSSR count). The Labute approximate surface area is 222 Å². The van der Waals surface area contributed by atoms with Crippen molar-refractivity contribution in [2.45, 2.75) is 25.9 Å². The fourth-order valence-corrected chi connectivity index (χ4v) is 4.58. The minimum absolute atomic E-state index is 0.125. The fourth-order valence-electron chi connectivity index (χ4n) is 4.58. The van der Waals surface area contributed by atoms with E-state index < -0.39 is 5.60 Å². The van der Waals surface area contributed by atoms with Crippen molar-refractivity contribution in [3.63, 3.8) is 0 Å². The molecule has 0 radical (unpaired) electrons. The zero-order valence-corrected chi connectivity index (χ0v) is 21.7. The maximum Gasteiger partial charge on any atom is 0.138 e. The first-order valence-corrected chi connectivity index (χ1v) is 12.7. The summed E-state index contributed by atoms with van der Waals surface area (Å²) in [7, 11) is 0. The van der Waals surface area contributed by atoms with Gasteiger partial charge in [0.2, 0.25) is 0 Å². The number of rotatable bonds is 7. The van der Waals surface area contributed by atoms with Gasteiger partial charge in [0.05, 0.1) is 40.5 Å². The maximum absolute atomic E-state index is 10.1. The first-order chi connectivity index (χ1) is 18.3. The summed E-state index contributed by atoms with van der Waals surface area (Å²) in [5, 5.41) is 24.1. The number of hydrogen-bond donors (Lipinski definition) is 1. The molecule has 1 saturated heterocycles. The summed E-state index contributed by atoms with van der Waals surface area (Å²) in [6.07, 6.45) is 7.87. The number of pyridine rings is 3. The number of nitrogens with zero attached hydrogens (tertiary/aromatic N) is 7. The Balaban J connectivity index is 1.37. The van der Waals surface area contributed by atoms with E-state index in [-0.39, 0.29) is 6.61 Å². The highest BCUT2D eigenvalue weighted by molar-refractivity contribution is 5.85. The van der Waals surface area contributed by atoms with Crippen LogP contribution in [0.1, 0.15) is 31.5 Å². The first kappa shape index (κ1) is 25.2. The minimum Gasteiger partial charge on any atom is -0.489 e. The summed E-state index contributed by atoms with van der Waals surface area (Å²) >= 11 is 0. The van der Waals surface area contributed by atoms with Crippen LogP contribution in [-0.2, 0) is 0 Å². The highest BCUT2D eigenvalue weighted by Gasteiger charge is 2.20. The topological polar surface area (TPSA) is 103 Å². The van der Waals surface area contributed by atoms with Crippen molar-refractivity contribution in [1.29, 1.82) is 5.26 Å². The van der Waals surface area contributed by atoms with Gasteiger partial charge in [-0.3, -0.25) is 4.98 Å².